The summed E-state index contributed by atoms with van der Waals surface area (Å²) in [7, 11) is 6.29. The van der Waals surface area contributed by atoms with Crippen LogP contribution in [-0.2, 0) is 6.42 Å². The number of nitrogens with zero attached hydrogens (tertiary/aromatic N) is 1. The van der Waals surface area contributed by atoms with Crippen molar-refractivity contribution >= 4 is 5.78 Å². The molecule has 2 rings (SSSR count). The number of Topliss-reactive ketones (excluding diaryl/α,β-unsaturated/α-hetero) is 1. The number of hydrogen-bond acceptors (Lipinski definition) is 3. The predicted octanol–water partition coefficient (Wildman–Crippen LogP) is 2.30. The summed E-state index contributed by atoms with van der Waals surface area (Å²) in [6, 6.07) is 3.80. The number of quaternary nitrogens is 1. The summed E-state index contributed by atoms with van der Waals surface area (Å²) in [6.07, 6.45) is 1.37. The molecular weight excluding hydrogens is 254 g/mol. The van der Waals surface area contributed by atoms with E-state index in [1.54, 1.807) is 0 Å². The van der Waals surface area contributed by atoms with Crippen molar-refractivity contribution in [3.05, 3.63) is 23.3 Å². The number of carbonyl (C=O) groups is 1. The highest BCUT2D eigenvalue weighted by Crippen LogP contribution is 2.34. The van der Waals surface area contributed by atoms with Crippen LogP contribution in [0.5, 0.6) is 11.5 Å². The zero-order chi connectivity index (χ0) is 14.8. The summed E-state index contributed by atoms with van der Waals surface area (Å²) in [5.74, 6) is 1.64. The van der Waals surface area contributed by atoms with Crippen molar-refractivity contribution < 1.29 is 18.8 Å². The average molecular weight is 278 g/mol. The number of ether oxygens (including phenoxy) is 2. The van der Waals surface area contributed by atoms with E-state index in [-0.39, 0.29) is 5.78 Å². The molecule has 1 aromatic rings. The first-order valence-corrected chi connectivity index (χ1v) is 7.17. The Morgan fingerprint density at radius 1 is 1.15 bits per heavy atom. The molecule has 0 bridgehead atoms. The van der Waals surface area contributed by atoms with Crippen molar-refractivity contribution in [2.24, 2.45) is 0 Å². The Morgan fingerprint density at radius 3 is 2.30 bits per heavy atom. The van der Waals surface area contributed by atoms with Gasteiger partial charge in [0.25, 0.3) is 0 Å². The van der Waals surface area contributed by atoms with E-state index in [1.807, 2.05) is 12.1 Å². The topological polar surface area (TPSA) is 35.5 Å². The Morgan fingerprint density at radius 2 is 1.75 bits per heavy atom. The monoisotopic (exact) mass is 278 g/mol. The second-order valence-electron chi connectivity index (χ2n) is 6.19. The summed E-state index contributed by atoms with van der Waals surface area (Å²) in [4.78, 5) is 12.5. The van der Waals surface area contributed by atoms with E-state index >= 15 is 0 Å². The Labute approximate surface area is 120 Å². The van der Waals surface area contributed by atoms with Gasteiger partial charge in [-0.05, 0) is 24.1 Å². The molecule has 0 spiro atoms. The van der Waals surface area contributed by atoms with Crippen LogP contribution >= 0.6 is 0 Å². The average Bonchev–Trinajstić information content (AvgIpc) is 2.42. The molecule has 110 valence electrons. The van der Waals surface area contributed by atoms with Gasteiger partial charge in [-0.1, -0.05) is 6.92 Å². The second-order valence-corrected chi connectivity index (χ2v) is 6.19. The number of hydrogen-bond donors (Lipinski definition) is 0. The number of carbonyl (C=O) groups excluding carboxylic acids is 1. The van der Waals surface area contributed by atoms with E-state index < -0.39 is 0 Å². The number of ketones is 1. The highest BCUT2D eigenvalue weighted by molar-refractivity contribution is 5.98. The van der Waals surface area contributed by atoms with E-state index in [9.17, 15) is 4.79 Å². The summed E-state index contributed by atoms with van der Waals surface area (Å²) in [5, 5.41) is 0. The highest BCUT2D eigenvalue weighted by Gasteiger charge is 2.20. The molecule has 1 aliphatic heterocycles. The Balaban J connectivity index is 2.23. The van der Waals surface area contributed by atoms with Crippen LogP contribution in [0.25, 0.3) is 0 Å². The van der Waals surface area contributed by atoms with Gasteiger partial charge in [-0.15, -0.1) is 0 Å². The molecule has 1 aliphatic rings. The van der Waals surface area contributed by atoms with Gasteiger partial charge in [0.1, 0.15) is 13.2 Å². The van der Waals surface area contributed by atoms with Crippen LogP contribution in [0.3, 0.4) is 0 Å². The fourth-order valence-electron chi connectivity index (χ4n) is 2.25. The van der Waals surface area contributed by atoms with Crippen molar-refractivity contribution in [1.82, 2.24) is 0 Å². The van der Waals surface area contributed by atoms with Crippen molar-refractivity contribution in [2.75, 3.05) is 40.9 Å². The van der Waals surface area contributed by atoms with Gasteiger partial charge in [0.2, 0.25) is 0 Å². The number of aryl methyl sites for hydroxylation is 1. The maximum Gasteiger partial charge on any atom is 0.168 e. The lowest BCUT2D eigenvalue weighted by Gasteiger charge is -2.24. The van der Waals surface area contributed by atoms with E-state index in [1.165, 1.54) is 0 Å². The van der Waals surface area contributed by atoms with Gasteiger partial charge in [-0.2, -0.15) is 0 Å². The predicted molar refractivity (Wildman–Crippen MR) is 78.7 cm³/mol. The third kappa shape index (κ3) is 3.51. The molecule has 1 heterocycles. The van der Waals surface area contributed by atoms with Crippen molar-refractivity contribution in [3.8, 4) is 11.5 Å². The van der Waals surface area contributed by atoms with Crippen molar-refractivity contribution in [1.29, 1.82) is 0 Å². The van der Waals surface area contributed by atoms with Gasteiger partial charge < -0.3 is 14.0 Å². The molecule has 4 heteroatoms. The Kier molecular flexibility index (Phi) is 4.33. The van der Waals surface area contributed by atoms with E-state index in [4.69, 9.17) is 9.47 Å². The van der Waals surface area contributed by atoms with Gasteiger partial charge >= 0.3 is 0 Å². The summed E-state index contributed by atoms with van der Waals surface area (Å²) < 4.78 is 11.9. The van der Waals surface area contributed by atoms with Crippen LogP contribution in [0.1, 0.15) is 29.3 Å². The molecule has 0 unspecified atom stereocenters. The zero-order valence-corrected chi connectivity index (χ0v) is 12.9. The third-order valence-corrected chi connectivity index (χ3v) is 3.46. The number of fused-ring (bicyclic) bond motifs is 1. The Bertz CT molecular complexity index is 503. The van der Waals surface area contributed by atoms with E-state index in [2.05, 4.69) is 28.1 Å². The molecule has 20 heavy (non-hydrogen) atoms. The van der Waals surface area contributed by atoms with Crippen LogP contribution in [0.15, 0.2) is 12.1 Å². The number of benzene rings is 1. The largest absolute Gasteiger partial charge is 0.486 e. The molecular formula is C16H24NO3+. The molecule has 0 aliphatic carbocycles. The van der Waals surface area contributed by atoms with Crippen LogP contribution < -0.4 is 9.47 Å². The molecule has 0 aromatic heterocycles. The smallest absolute Gasteiger partial charge is 0.168 e. The van der Waals surface area contributed by atoms with Gasteiger partial charge in [-0.25, -0.2) is 0 Å². The SMILES string of the molecule is CCc1cc2c(cc1C(=O)CC[N+](C)(C)C)OCCO2. The van der Waals surface area contributed by atoms with Crippen LogP contribution in [0.4, 0.5) is 0 Å². The molecule has 0 atom stereocenters. The van der Waals surface area contributed by atoms with E-state index in [0.29, 0.717) is 25.4 Å². The minimum atomic E-state index is 0.187. The Hall–Kier alpha value is -1.55. The molecule has 0 amide bonds. The lowest BCUT2D eigenvalue weighted by molar-refractivity contribution is -0.869. The molecule has 0 saturated carbocycles. The third-order valence-electron chi connectivity index (χ3n) is 3.46. The van der Waals surface area contributed by atoms with Gasteiger partial charge in [0.15, 0.2) is 17.3 Å². The lowest BCUT2D eigenvalue weighted by Crippen LogP contribution is -2.36. The highest BCUT2D eigenvalue weighted by atomic mass is 16.6. The first kappa shape index (κ1) is 14.9. The van der Waals surface area contributed by atoms with Gasteiger partial charge in [0, 0.05) is 5.56 Å². The molecule has 0 radical (unpaired) electrons. The minimum absolute atomic E-state index is 0.187. The van der Waals surface area contributed by atoms with Crippen LogP contribution in [0, 0.1) is 0 Å². The summed E-state index contributed by atoms with van der Waals surface area (Å²) in [5.41, 5.74) is 1.82. The van der Waals surface area contributed by atoms with Gasteiger partial charge in [0.05, 0.1) is 34.1 Å². The molecule has 1 aromatic carbocycles. The minimum Gasteiger partial charge on any atom is -0.486 e. The molecule has 0 fully saturated rings. The van der Waals surface area contributed by atoms with E-state index in [0.717, 1.165) is 34.3 Å². The molecule has 0 N–H and O–H groups in total. The summed E-state index contributed by atoms with van der Waals surface area (Å²) in [6.45, 7) is 4.01. The molecule has 0 saturated heterocycles. The second kappa shape index (κ2) is 5.83. The zero-order valence-electron chi connectivity index (χ0n) is 12.9. The van der Waals surface area contributed by atoms with Crippen molar-refractivity contribution in [2.45, 2.75) is 19.8 Å². The fraction of sp³-hybridized carbons (Fsp3) is 0.562. The standard InChI is InChI=1S/C16H24NO3/c1-5-12-10-15-16(20-9-8-19-15)11-13(12)14(18)6-7-17(2,3)4/h10-11H,5-9H2,1-4H3/q+1. The van der Waals surface area contributed by atoms with Crippen molar-refractivity contribution in [3.63, 3.8) is 0 Å². The lowest BCUT2D eigenvalue weighted by atomic mass is 9.98. The maximum atomic E-state index is 12.5. The quantitative estimate of drug-likeness (QED) is 0.612. The fourth-order valence-corrected chi connectivity index (χ4v) is 2.25. The maximum absolute atomic E-state index is 12.5. The first-order valence-electron chi connectivity index (χ1n) is 7.17. The number of rotatable bonds is 5. The first-order chi connectivity index (χ1) is 9.40. The summed E-state index contributed by atoms with van der Waals surface area (Å²) >= 11 is 0. The molecule has 4 nitrogen and oxygen atoms in total. The van der Waals surface area contributed by atoms with Gasteiger partial charge in [-0.3, -0.25) is 4.79 Å². The normalized spacial score (nSPS) is 14.2. The van der Waals surface area contributed by atoms with Crippen LogP contribution in [-0.4, -0.2) is 51.2 Å². The van der Waals surface area contributed by atoms with Crippen LogP contribution in [0.2, 0.25) is 0 Å².